The van der Waals surface area contributed by atoms with Crippen LogP contribution < -0.4 is 10.6 Å². The number of unbranched alkanes of at least 4 members (excludes halogenated alkanes) is 1. The summed E-state index contributed by atoms with van der Waals surface area (Å²) in [7, 11) is 3.58. The summed E-state index contributed by atoms with van der Waals surface area (Å²) in [4.78, 5) is 64.1. The normalized spacial score (nSPS) is 15.0. The van der Waals surface area contributed by atoms with Crippen molar-refractivity contribution in [2.75, 3.05) is 27.2 Å². The number of rotatable bonds is 11. The Hall–Kier alpha value is -2.49. The third-order valence-electron chi connectivity index (χ3n) is 4.03. The van der Waals surface area contributed by atoms with Crippen LogP contribution in [-0.4, -0.2) is 72.8 Å². The Labute approximate surface area is 158 Å². The van der Waals surface area contributed by atoms with E-state index in [9.17, 15) is 24.0 Å². The Kier molecular flexibility index (Phi) is 9.41. The summed E-state index contributed by atoms with van der Waals surface area (Å²) in [6.07, 6.45) is 2.06. The highest BCUT2D eigenvalue weighted by Crippen LogP contribution is 2.12. The lowest BCUT2D eigenvalue weighted by molar-refractivity contribution is -0.197. The fourth-order valence-electron chi connectivity index (χ4n) is 2.56. The standard InChI is InChI=1S/C17H28N4O6/c1-12(22)18-10-5-4-6-13(20(2)3)17(26)19-11-9-16(25)27-21-14(23)7-8-15(21)24/h13H,4-11H2,1-3H3,(H,18,22)(H,19,26)/i1+1,10+1,12+1,20+1. The molecule has 0 spiro atoms. The molecule has 1 rings (SSSR count). The highest BCUT2D eigenvalue weighted by molar-refractivity contribution is 6.01. The quantitative estimate of drug-likeness (QED) is 0.208. The number of carbonyl (C=O) groups excluding carboxylic acids is 5. The SMILES string of the molecule is C[15N](C)C(CCC[13CH2]N[13C]([13CH3])=O)C(=O)NCCC(=O)ON1C(=O)CCC1=O. The zero-order chi connectivity index (χ0) is 20.4. The van der Waals surface area contributed by atoms with E-state index in [4.69, 9.17) is 4.84 Å². The molecule has 0 aromatic carbocycles. The van der Waals surface area contributed by atoms with Crippen LogP contribution in [-0.2, 0) is 28.8 Å². The number of likely N-dealkylation sites (N-methyl/N-ethyl adjacent to an activating group) is 1. The predicted octanol–water partition coefficient (Wildman–Crippen LogP) is -0.663. The minimum absolute atomic E-state index is 0.0370. The van der Waals surface area contributed by atoms with Gasteiger partial charge in [0, 0.05) is 32.9 Å². The smallest absolute Gasteiger partial charge is 0.334 e. The molecule has 0 radical (unpaired) electrons. The molecular formula is C17H28N4O6. The Morgan fingerprint density at radius 3 is 2.26 bits per heavy atom. The summed E-state index contributed by atoms with van der Waals surface area (Å²) in [6.45, 7) is 2.07. The van der Waals surface area contributed by atoms with E-state index in [1.165, 1.54) is 6.92 Å². The van der Waals surface area contributed by atoms with E-state index in [-0.39, 0.29) is 43.7 Å². The van der Waals surface area contributed by atoms with Gasteiger partial charge < -0.3 is 15.5 Å². The molecule has 1 saturated heterocycles. The van der Waals surface area contributed by atoms with Crippen molar-refractivity contribution in [3.05, 3.63) is 0 Å². The van der Waals surface area contributed by atoms with Crippen molar-refractivity contribution in [1.82, 2.24) is 20.6 Å². The zero-order valence-corrected chi connectivity index (χ0v) is 16.1. The zero-order valence-electron chi connectivity index (χ0n) is 16.1. The molecule has 0 aromatic rings. The largest absolute Gasteiger partial charge is 0.356 e. The van der Waals surface area contributed by atoms with Crippen LogP contribution in [0.1, 0.15) is 45.4 Å². The van der Waals surface area contributed by atoms with Crippen molar-refractivity contribution < 1.29 is 28.8 Å². The van der Waals surface area contributed by atoms with Gasteiger partial charge in [-0.15, -0.1) is 5.06 Å². The molecular weight excluding hydrogens is 360 g/mol. The van der Waals surface area contributed by atoms with Crippen LogP contribution in [0.2, 0.25) is 0 Å². The Balaban J connectivity index is 2.30. The maximum Gasteiger partial charge on any atom is 0.334 e. The molecule has 0 aliphatic carbocycles. The first-order chi connectivity index (χ1) is 12.7. The Morgan fingerprint density at radius 1 is 1.07 bits per heavy atom. The average molecular weight is 388 g/mol. The van der Waals surface area contributed by atoms with Crippen molar-refractivity contribution in [3.63, 3.8) is 0 Å². The molecule has 1 atom stereocenters. The first kappa shape index (κ1) is 22.6. The Bertz CT molecular complexity index is 562. The van der Waals surface area contributed by atoms with Gasteiger partial charge in [-0.3, -0.25) is 24.1 Å². The highest BCUT2D eigenvalue weighted by atomic mass is 16.7. The average Bonchev–Trinajstić information content (AvgIpc) is 2.89. The van der Waals surface area contributed by atoms with E-state index in [0.717, 1.165) is 12.8 Å². The van der Waals surface area contributed by atoms with Gasteiger partial charge in [-0.25, -0.2) is 4.79 Å². The summed E-state index contributed by atoms with van der Waals surface area (Å²) in [5, 5.41) is 5.85. The molecule has 27 heavy (non-hydrogen) atoms. The molecule has 0 bridgehead atoms. The molecule has 4 amide bonds. The lowest BCUT2D eigenvalue weighted by Gasteiger charge is -2.23. The maximum atomic E-state index is 12.3. The van der Waals surface area contributed by atoms with Crippen molar-refractivity contribution >= 4 is 29.6 Å². The van der Waals surface area contributed by atoms with Gasteiger partial charge in [0.05, 0.1) is 12.5 Å². The van der Waals surface area contributed by atoms with Crippen LogP contribution in [0.5, 0.6) is 0 Å². The number of hydroxylamine groups is 2. The van der Waals surface area contributed by atoms with Gasteiger partial charge in [-0.2, -0.15) is 0 Å². The van der Waals surface area contributed by atoms with Crippen LogP contribution in [0.15, 0.2) is 0 Å². The number of carbonyl (C=O) groups is 5. The van der Waals surface area contributed by atoms with E-state index in [0.29, 0.717) is 18.0 Å². The van der Waals surface area contributed by atoms with E-state index in [1.54, 1.807) is 19.0 Å². The number of nitrogens with zero attached hydrogens (tertiary/aromatic N) is 2. The molecule has 10 nitrogen and oxygen atoms in total. The molecule has 1 aliphatic heterocycles. The predicted molar refractivity (Wildman–Crippen MR) is 94.8 cm³/mol. The first-order valence-corrected chi connectivity index (χ1v) is 8.97. The van der Waals surface area contributed by atoms with Crippen molar-refractivity contribution in [3.8, 4) is 0 Å². The number of hydrogen-bond acceptors (Lipinski definition) is 7. The van der Waals surface area contributed by atoms with Gasteiger partial charge in [0.2, 0.25) is 11.8 Å². The van der Waals surface area contributed by atoms with Gasteiger partial charge >= 0.3 is 5.97 Å². The first-order valence-electron chi connectivity index (χ1n) is 8.97. The number of amides is 4. The van der Waals surface area contributed by atoms with E-state index in [1.807, 2.05) is 0 Å². The minimum atomic E-state index is -0.754. The lowest BCUT2D eigenvalue weighted by atomic mass is 10.1. The van der Waals surface area contributed by atoms with E-state index < -0.39 is 17.8 Å². The molecule has 10 heteroatoms. The summed E-state index contributed by atoms with van der Waals surface area (Å²) in [5.74, 6) is -2.13. The Morgan fingerprint density at radius 2 is 1.70 bits per heavy atom. The highest BCUT2D eigenvalue weighted by Gasteiger charge is 2.32. The molecule has 2 N–H and O–H groups in total. The fourth-order valence-corrected chi connectivity index (χ4v) is 2.56. The monoisotopic (exact) mass is 388 g/mol. The van der Waals surface area contributed by atoms with Gasteiger partial charge in [-0.05, 0) is 33.4 Å². The van der Waals surface area contributed by atoms with Gasteiger partial charge in [0.15, 0.2) is 0 Å². The van der Waals surface area contributed by atoms with Gasteiger partial charge in [-0.1, -0.05) is 0 Å². The van der Waals surface area contributed by atoms with Gasteiger partial charge in [0.1, 0.15) is 0 Å². The fraction of sp³-hybridized carbons (Fsp3) is 0.706. The molecule has 1 aliphatic rings. The second kappa shape index (κ2) is 11.3. The lowest BCUT2D eigenvalue weighted by Crippen LogP contribution is -2.44. The van der Waals surface area contributed by atoms with Gasteiger partial charge in [0.25, 0.3) is 11.8 Å². The summed E-state index contributed by atoms with van der Waals surface area (Å²) in [5.41, 5.74) is 0. The molecule has 0 saturated carbocycles. The molecule has 152 valence electrons. The molecule has 0 aromatic heterocycles. The van der Waals surface area contributed by atoms with Crippen LogP contribution in [0, 0.1) is 0 Å². The number of hydrogen-bond donors (Lipinski definition) is 2. The second-order valence-corrected chi connectivity index (χ2v) is 6.54. The minimum Gasteiger partial charge on any atom is -0.356 e. The maximum absolute atomic E-state index is 12.3. The van der Waals surface area contributed by atoms with Crippen LogP contribution in [0.25, 0.3) is 0 Å². The molecule has 1 fully saturated rings. The second-order valence-electron chi connectivity index (χ2n) is 6.54. The van der Waals surface area contributed by atoms with E-state index in [2.05, 4.69) is 10.6 Å². The van der Waals surface area contributed by atoms with Crippen LogP contribution in [0.3, 0.4) is 0 Å². The summed E-state index contributed by atoms with van der Waals surface area (Å²) >= 11 is 0. The van der Waals surface area contributed by atoms with Crippen LogP contribution in [0.4, 0.5) is 0 Å². The van der Waals surface area contributed by atoms with Crippen molar-refractivity contribution in [2.24, 2.45) is 0 Å². The number of imide groups is 1. The molecule has 1 heterocycles. The third kappa shape index (κ3) is 8.16. The number of nitrogens with one attached hydrogen (secondary N) is 2. The van der Waals surface area contributed by atoms with Crippen molar-refractivity contribution in [2.45, 2.75) is 51.5 Å². The summed E-state index contributed by atoms with van der Waals surface area (Å²) in [6, 6.07) is -0.361. The summed E-state index contributed by atoms with van der Waals surface area (Å²) < 4.78 is 0. The third-order valence-corrected chi connectivity index (χ3v) is 4.03. The topological polar surface area (TPSA) is 125 Å². The van der Waals surface area contributed by atoms with Crippen LogP contribution >= 0.6 is 0 Å². The van der Waals surface area contributed by atoms with Crippen molar-refractivity contribution in [1.29, 1.82) is 0 Å². The molecule has 1 unspecified atom stereocenters. The van der Waals surface area contributed by atoms with E-state index >= 15 is 0 Å².